The average Bonchev–Trinajstić information content (AvgIpc) is 2.71. The van der Waals surface area contributed by atoms with Gasteiger partial charge in [0.1, 0.15) is 11.5 Å². The van der Waals surface area contributed by atoms with Crippen molar-refractivity contribution in [1.29, 1.82) is 0 Å². The van der Waals surface area contributed by atoms with E-state index in [0.29, 0.717) is 23.8 Å². The van der Waals surface area contributed by atoms with E-state index in [9.17, 15) is 4.79 Å². The first-order chi connectivity index (χ1) is 13.1. The Morgan fingerprint density at radius 1 is 1.00 bits per heavy atom. The lowest BCUT2D eigenvalue weighted by atomic mass is 10.2. The minimum Gasteiger partial charge on any atom is -0.497 e. The molecule has 0 saturated carbocycles. The fourth-order valence-electron chi connectivity index (χ4n) is 2.19. The van der Waals surface area contributed by atoms with Gasteiger partial charge in [-0.15, -0.1) is 0 Å². The number of nitrogens with one attached hydrogen (secondary N) is 3. The SMILES string of the molecule is CCCCOc1ccc(C(=O)NNC(=S)NCc2ccc(OC)cc2)cc1. The molecule has 0 bridgehead atoms. The number of methoxy groups -OCH3 is 1. The Balaban J connectivity index is 1.72. The van der Waals surface area contributed by atoms with Gasteiger partial charge in [0.25, 0.3) is 5.91 Å². The van der Waals surface area contributed by atoms with E-state index in [1.165, 1.54) is 0 Å². The van der Waals surface area contributed by atoms with E-state index in [1.807, 2.05) is 24.3 Å². The monoisotopic (exact) mass is 387 g/mol. The van der Waals surface area contributed by atoms with Crippen LogP contribution < -0.4 is 25.6 Å². The molecule has 2 aromatic rings. The number of hydrogen-bond donors (Lipinski definition) is 3. The van der Waals surface area contributed by atoms with Gasteiger partial charge in [-0.1, -0.05) is 25.5 Å². The summed E-state index contributed by atoms with van der Waals surface area (Å²) in [5.74, 6) is 1.28. The molecule has 144 valence electrons. The highest BCUT2D eigenvalue weighted by Gasteiger charge is 2.06. The van der Waals surface area contributed by atoms with Crippen molar-refractivity contribution >= 4 is 23.2 Å². The highest BCUT2D eigenvalue weighted by molar-refractivity contribution is 7.80. The van der Waals surface area contributed by atoms with Crippen molar-refractivity contribution in [3.8, 4) is 11.5 Å². The second-order valence-corrected chi connectivity index (χ2v) is 6.24. The van der Waals surface area contributed by atoms with Crippen LogP contribution in [0.1, 0.15) is 35.7 Å². The lowest BCUT2D eigenvalue weighted by molar-refractivity contribution is 0.0943. The molecule has 0 spiro atoms. The summed E-state index contributed by atoms with van der Waals surface area (Å²) in [5.41, 5.74) is 6.83. The number of unbranched alkanes of at least 4 members (excludes halogenated alkanes) is 1. The van der Waals surface area contributed by atoms with Crippen LogP contribution in [-0.2, 0) is 6.54 Å². The zero-order valence-corrected chi connectivity index (χ0v) is 16.4. The van der Waals surface area contributed by atoms with Crippen molar-refractivity contribution in [3.63, 3.8) is 0 Å². The molecule has 2 rings (SSSR count). The summed E-state index contributed by atoms with van der Waals surface area (Å²) in [6.45, 7) is 3.33. The number of amides is 1. The minimum absolute atomic E-state index is 0.274. The third kappa shape index (κ3) is 7.15. The molecule has 0 aromatic heterocycles. The lowest BCUT2D eigenvalue weighted by Crippen LogP contribution is -2.46. The van der Waals surface area contributed by atoms with Crippen LogP contribution >= 0.6 is 12.2 Å². The molecule has 3 N–H and O–H groups in total. The molecule has 0 fully saturated rings. The molecule has 0 aliphatic carbocycles. The Morgan fingerprint density at radius 2 is 1.67 bits per heavy atom. The summed E-state index contributed by atoms with van der Waals surface area (Å²) in [6.07, 6.45) is 2.09. The van der Waals surface area contributed by atoms with Crippen LogP contribution in [0.3, 0.4) is 0 Å². The van der Waals surface area contributed by atoms with Crippen LogP contribution in [-0.4, -0.2) is 24.7 Å². The van der Waals surface area contributed by atoms with Gasteiger partial charge in [-0.05, 0) is 60.6 Å². The molecule has 0 heterocycles. The molecule has 0 unspecified atom stereocenters. The summed E-state index contributed by atoms with van der Waals surface area (Å²) in [7, 11) is 1.63. The number of ether oxygens (including phenoxy) is 2. The van der Waals surface area contributed by atoms with E-state index in [-0.39, 0.29) is 5.91 Å². The molecular formula is C20H25N3O3S. The highest BCUT2D eigenvalue weighted by Crippen LogP contribution is 2.13. The van der Waals surface area contributed by atoms with E-state index in [4.69, 9.17) is 21.7 Å². The third-order valence-electron chi connectivity index (χ3n) is 3.78. The Bertz CT molecular complexity index is 733. The first-order valence-corrected chi connectivity index (χ1v) is 9.23. The number of carbonyl (C=O) groups is 1. The topological polar surface area (TPSA) is 71.6 Å². The largest absolute Gasteiger partial charge is 0.497 e. The normalized spacial score (nSPS) is 10.0. The number of rotatable bonds is 8. The summed E-state index contributed by atoms with van der Waals surface area (Å²) in [5, 5.41) is 3.36. The van der Waals surface area contributed by atoms with E-state index in [1.54, 1.807) is 31.4 Å². The second-order valence-electron chi connectivity index (χ2n) is 5.84. The average molecular weight is 388 g/mol. The fraction of sp³-hybridized carbons (Fsp3) is 0.300. The highest BCUT2D eigenvalue weighted by atomic mass is 32.1. The Labute approximate surface area is 165 Å². The molecule has 0 atom stereocenters. The van der Waals surface area contributed by atoms with Crippen LogP contribution in [0.5, 0.6) is 11.5 Å². The van der Waals surface area contributed by atoms with Gasteiger partial charge >= 0.3 is 0 Å². The molecular weight excluding hydrogens is 362 g/mol. The Morgan fingerprint density at radius 3 is 2.30 bits per heavy atom. The Kier molecular flexibility index (Phi) is 8.38. The second kappa shape index (κ2) is 11.0. The first-order valence-electron chi connectivity index (χ1n) is 8.82. The van der Waals surface area contributed by atoms with Crippen LogP contribution in [0, 0.1) is 0 Å². The van der Waals surface area contributed by atoms with Crippen molar-refractivity contribution in [2.24, 2.45) is 0 Å². The molecule has 7 heteroatoms. The van der Waals surface area contributed by atoms with Crippen molar-refractivity contribution in [3.05, 3.63) is 59.7 Å². The maximum absolute atomic E-state index is 12.1. The lowest BCUT2D eigenvalue weighted by Gasteiger charge is -2.12. The quantitative estimate of drug-likeness (QED) is 0.367. The molecule has 2 aromatic carbocycles. The summed E-state index contributed by atoms with van der Waals surface area (Å²) < 4.78 is 10.7. The van der Waals surface area contributed by atoms with Crippen LogP contribution in [0.4, 0.5) is 0 Å². The summed E-state index contributed by atoms with van der Waals surface area (Å²) >= 11 is 5.17. The van der Waals surface area contributed by atoms with Gasteiger partial charge in [0.15, 0.2) is 5.11 Å². The predicted octanol–water partition coefficient (Wildman–Crippen LogP) is 3.18. The van der Waals surface area contributed by atoms with Gasteiger partial charge in [-0.3, -0.25) is 15.6 Å². The zero-order chi connectivity index (χ0) is 19.5. The summed E-state index contributed by atoms with van der Waals surface area (Å²) in [4.78, 5) is 12.1. The number of hydrazine groups is 1. The predicted molar refractivity (Wildman–Crippen MR) is 110 cm³/mol. The number of hydrogen-bond acceptors (Lipinski definition) is 4. The van der Waals surface area contributed by atoms with Gasteiger partial charge < -0.3 is 14.8 Å². The van der Waals surface area contributed by atoms with Crippen LogP contribution in [0.2, 0.25) is 0 Å². The molecule has 27 heavy (non-hydrogen) atoms. The van der Waals surface area contributed by atoms with Gasteiger partial charge in [-0.25, -0.2) is 0 Å². The molecule has 0 radical (unpaired) electrons. The van der Waals surface area contributed by atoms with Crippen LogP contribution in [0.15, 0.2) is 48.5 Å². The molecule has 0 saturated heterocycles. The van der Waals surface area contributed by atoms with Crippen molar-refractivity contribution in [2.45, 2.75) is 26.3 Å². The molecule has 6 nitrogen and oxygen atoms in total. The molecule has 1 amide bonds. The van der Waals surface area contributed by atoms with Gasteiger partial charge in [0.05, 0.1) is 13.7 Å². The maximum Gasteiger partial charge on any atom is 0.269 e. The summed E-state index contributed by atoms with van der Waals surface area (Å²) in [6, 6.07) is 14.6. The van der Waals surface area contributed by atoms with Crippen LogP contribution in [0.25, 0.3) is 0 Å². The maximum atomic E-state index is 12.1. The first kappa shape index (κ1) is 20.5. The van der Waals surface area contributed by atoms with Gasteiger partial charge in [-0.2, -0.15) is 0 Å². The molecule has 0 aliphatic rings. The van der Waals surface area contributed by atoms with E-state index in [0.717, 1.165) is 29.9 Å². The molecule has 0 aliphatic heterocycles. The van der Waals surface area contributed by atoms with E-state index >= 15 is 0 Å². The van der Waals surface area contributed by atoms with Crippen molar-refractivity contribution < 1.29 is 14.3 Å². The van der Waals surface area contributed by atoms with Gasteiger partial charge in [0.2, 0.25) is 0 Å². The van der Waals surface area contributed by atoms with Crippen molar-refractivity contribution in [2.75, 3.05) is 13.7 Å². The number of carbonyl (C=O) groups excluding carboxylic acids is 1. The van der Waals surface area contributed by atoms with E-state index < -0.39 is 0 Å². The number of benzene rings is 2. The third-order valence-corrected chi connectivity index (χ3v) is 4.03. The smallest absolute Gasteiger partial charge is 0.269 e. The zero-order valence-electron chi connectivity index (χ0n) is 15.6. The van der Waals surface area contributed by atoms with Gasteiger partial charge in [0, 0.05) is 12.1 Å². The fourth-order valence-corrected chi connectivity index (χ4v) is 2.32. The minimum atomic E-state index is -0.274. The standard InChI is InChI=1S/C20H25N3O3S/c1-3-4-13-26-18-11-7-16(8-12-18)19(24)22-23-20(27)21-14-15-5-9-17(25-2)10-6-15/h5-12H,3-4,13-14H2,1-2H3,(H,22,24)(H2,21,23,27). The van der Waals surface area contributed by atoms with E-state index in [2.05, 4.69) is 23.1 Å². The van der Waals surface area contributed by atoms with Crippen molar-refractivity contribution in [1.82, 2.24) is 16.2 Å². The Hall–Kier alpha value is -2.80. The number of thiocarbonyl (C=S) groups is 1.